The molecule has 0 spiro atoms. The summed E-state index contributed by atoms with van der Waals surface area (Å²) < 4.78 is 1.14. The quantitative estimate of drug-likeness (QED) is 0.553. The lowest BCUT2D eigenvalue weighted by molar-refractivity contribution is 1.55. The summed E-state index contributed by atoms with van der Waals surface area (Å²) in [7, 11) is 0. The third-order valence-corrected chi connectivity index (χ3v) is 3.40. The first-order valence-corrected chi connectivity index (χ1v) is 5.71. The highest BCUT2D eigenvalue weighted by Crippen LogP contribution is 2.26. The Morgan fingerprint density at radius 2 is 1.67 bits per heavy atom. The fraction of sp³-hybridized carbons (Fsp3) is 0. The summed E-state index contributed by atoms with van der Waals surface area (Å²) in [6.45, 7) is 0. The molecule has 0 fully saturated rings. The Balaban J connectivity index is 2.61. The van der Waals surface area contributed by atoms with Crippen LogP contribution < -0.4 is 0 Å². The number of hydrogen-bond donors (Lipinski definition) is 0. The maximum Gasteiger partial charge on any atom is 0.0382 e. The number of hydrogen-bond acceptors (Lipinski definition) is 0. The summed E-state index contributed by atoms with van der Waals surface area (Å²) in [5.41, 5.74) is 3.36. The average molecular weight is 304 g/mol. The monoisotopic (exact) mass is 304 g/mol. The van der Waals surface area contributed by atoms with Crippen LogP contribution >= 0.6 is 22.6 Å². The molecule has 15 heavy (non-hydrogen) atoms. The molecule has 0 aromatic heterocycles. The molecule has 0 unspecified atom stereocenters. The van der Waals surface area contributed by atoms with E-state index >= 15 is 0 Å². The van der Waals surface area contributed by atoms with Crippen LogP contribution in [0.1, 0.15) is 5.56 Å². The zero-order chi connectivity index (χ0) is 10.7. The van der Waals surface area contributed by atoms with E-state index < -0.39 is 0 Å². The fourth-order valence-corrected chi connectivity index (χ4v) is 2.31. The molecule has 0 amide bonds. The van der Waals surface area contributed by atoms with Gasteiger partial charge in [0.15, 0.2) is 0 Å². The minimum Gasteiger partial charge on any atom is -0.115 e. The molecule has 0 nitrogen and oxygen atoms in total. The lowest BCUT2D eigenvalue weighted by Crippen LogP contribution is -1.86. The molecule has 0 aliphatic carbocycles. The molecule has 0 saturated heterocycles. The Hall–Kier alpha value is -1.27. The molecule has 2 rings (SSSR count). The average Bonchev–Trinajstić information content (AvgIpc) is 2.30. The molecule has 0 aliphatic heterocycles. The van der Waals surface area contributed by atoms with Gasteiger partial charge in [0.1, 0.15) is 0 Å². The van der Waals surface area contributed by atoms with E-state index in [2.05, 4.69) is 46.7 Å². The molecule has 0 bridgehead atoms. The maximum atomic E-state index is 5.44. The summed E-state index contributed by atoms with van der Waals surface area (Å²) >= 11 is 2.30. The van der Waals surface area contributed by atoms with Crippen molar-refractivity contribution in [1.82, 2.24) is 0 Å². The maximum absolute atomic E-state index is 5.44. The van der Waals surface area contributed by atoms with Gasteiger partial charge in [-0.15, -0.1) is 6.42 Å². The second-order valence-electron chi connectivity index (χ2n) is 3.18. The standard InChI is InChI=1S/C14H9I/c1-2-11-9-6-10-13(14(11)15)12-7-4-3-5-8-12/h1,3-10H. The summed E-state index contributed by atoms with van der Waals surface area (Å²) in [4.78, 5) is 0. The van der Waals surface area contributed by atoms with Crippen molar-refractivity contribution in [3.05, 3.63) is 57.7 Å². The molecule has 2 aromatic carbocycles. The highest BCUT2D eigenvalue weighted by Gasteiger charge is 2.04. The molecule has 1 heteroatoms. The van der Waals surface area contributed by atoms with Gasteiger partial charge in [0.2, 0.25) is 0 Å². The second-order valence-corrected chi connectivity index (χ2v) is 4.26. The van der Waals surface area contributed by atoms with Crippen LogP contribution in [0.5, 0.6) is 0 Å². The van der Waals surface area contributed by atoms with Crippen LogP contribution in [0.15, 0.2) is 48.5 Å². The lowest BCUT2D eigenvalue weighted by Gasteiger charge is -2.06. The molecule has 0 N–H and O–H groups in total. The van der Waals surface area contributed by atoms with Crippen molar-refractivity contribution in [3.63, 3.8) is 0 Å². The number of halogens is 1. The molecule has 0 radical (unpaired) electrons. The SMILES string of the molecule is C#Cc1cccc(-c2ccccc2)c1I. The molecule has 2 aromatic rings. The van der Waals surface area contributed by atoms with Gasteiger partial charge in [-0.25, -0.2) is 0 Å². The van der Waals surface area contributed by atoms with E-state index in [0.29, 0.717) is 0 Å². The highest BCUT2D eigenvalue weighted by molar-refractivity contribution is 14.1. The number of benzene rings is 2. The zero-order valence-electron chi connectivity index (χ0n) is 8.07. The third kappa shape index (κ3) is 2.05. The Kier molecular flexibility index (Phi) is 3.08. The highest BCUT2D eigenvalue weighted by atomic mass is 127. The topological polar surface area (TPSA) is 0 Å². The van der Waals surface area contributed by atoms with Crippen LogP contribution in [0.4, 0.5) is 0 Å². The lowest BCUT2D eigenvalue weighted by atomic mass is 10.0. The Labute approximate surface area is 103 Å². The largest absolute Gasteiger partial charge is 0.115 e. The molecule has 0 saturated carbocycles. The Bertz CT molecular complexity index is 507. The summed E-state index contributed by atoms with van der Waals surface area (Å²) in [6, 6.07) is 16.3. The molecule has 0 atom stereocenters. The van der Waals surface area contributed by atoms with Gasteiger partial charge in [-0.2, -0.15) is 0 Å². The summed E-state index contributed by atoms with van der Waals surface area (Å²) in [5.74, 6) is 2.70. The van der Waals surface area contributed by atoms with E-state index in [4.69, 9.17) is 6.42 Å². The van der Waals surface area contributed by atoms with Gasteiger partial charge in [-0.3, -0.25) is 0 Å². The van der Waals surface area contributed by atoms with Crippen molar-refractivity contribution in [1.29, 1.82) is 0 Å². The Morgan fingerprint density at radius 3 is 2.33 bits per heavy atom. The van der Waals surface area contributed by atoms with Gasteiger partial charge in [0.05, 0.1) is 0 Å². The van der Waals surface area contributed by atoms with Crippen molar-refractivity contribution in [2.75, 3.05) is 0 Å². The molecular weight excluding hydrogens is 295 g/mol. The normalized spacial score (nSPS) is 9.60. The van der Waals surface area contributed by atoms with E-state index in [0.717, 1.165) is 9.13 Å². The predicted molar refractivity (Wildman–Crippen MR) is 72.5 cm³/mol. The van der Waals surface area contributed by atoms with Crippen molar-refractivity contribution >= 4 is 22.6 Å². The summed E-state index contributed by atoms with van der Waals surface area (Å²) in [5, 5.41) is 0. The van der Waals surface area contributed by atoms with Crippen LogP contribution in [-0.4, -0.2) is 0 Å². The van der Waals surface area contributed by atoms with Crippen LogP contribution in [0.2, 0.25) is 0 Å². The van der Waals surface area contributed by atoms with E-state index in [1.54, 1.807) is 0 Å². The number of rotatable bonds is 1. The minimum absolute atomic E-state index is 0.956. The van der Waals surface area contributed by atoms with E-state index in [9.17, 15) is 0 Å². The van der Waals surface area contributed by atoms with Crippen molar-refractivity contribution < 1.29 is 0 Å². The summed E-state index contributed by atoms with van der Waals surface area (Å²) in [6.07, 6.45) is 5.44. The minimum atomic E-state index is 0.956. The first-order valence-electron chi connectivity index (χ1n) is 4.63. The van der Waals surface area contributed by atoms with E-state index in [1.165, 1.54) is 11.1 Å². The fourth-order valence-electron chi connectivity index (χ4n) is 1.48. The van der Waals surface area contributed by atoms with Gasteiger partial charge in [-0.05, 0) is 39.8 Å². The van der Waals surface area contributed by atoms with Crippen molar-refractivity contribution in [2.45, 2.75) is 0 Å². The molecular formula is C14H9I. The van der Waals surface area contributed by atoms with Gasteiger partial charge in [-0.1, -0.05) is 48.4 Å². The first kappa shape index (κ1) is 10.3. The zero-order valence-corrected chi connectivity index (χ0v) is 10.2. The van der Waals surface area contributed by atoms with Gasteiger partial charge in [0.25, 0.3) is 0 Å². The van der Waals surface area contributed by atoms with Crippen LogP contribution in [0.25, 0.3) is 11.1 Å². The Morgan fingerprint density at radius 1 is 0.933 bits per heavy atom. The van der Waals surface area contributed by atoms with Crippen molar-refractivity contribution in [2.24, 2.45) is 0 Å². The van der Waals surface area contributed by atoms with E-state index in [1.807, 2.05) is 30.3 Å². The smallest absolute Gasteiger partial charge is 0.0382 e. The third-order valence-electron chi connectivity index (χ3n) is 2.24. The molecule has 0 heterocycles. The van der Waals surface area contributed by atoms with Crippen molar-refractivity contribution in [3.8, 4) is 23.5 Å². The van der Waals surface area contributed by atoms with Gasteiger partial charge < -0.3 is 0 Å². The van der Waals surface area contributed by atoms with Crippen LogP contribution in [0.3, 0.4) is 0 Å². The molecule has 0 aliphatic rings. The van der Waals surface area contributed by atoms with Crippen LogP contribution in [-0.2, 0) is 0 Å². The molecule has 72 valence electrons. The van der Waals surface area contributed by atoms with Crippen LogP contribution in [0, 0.1) is 15.9 Å². The van der Waals surface area contributed by atoms with Gasteiger partial charge in [0, 0.05) is 9.13 Å². The first-order chi connectivity index (χ1) is 7.33. The van der Waals surface area contributed by atoms with Gasteiger partial charge >= 0.3 is 0 Å². The van der Waals surface area contributed by atoms with E-state index in [-0.39, 0.29) is 0 Å². The number of terminal acetylenes is 1. The second kappa shape index (κ2) is 4.50. The predicted octanol–water partition coefficient (Wildman–Crippen LogP) is 3.94.